The van der Waals surface area contributed by atoms with Gasteiger partial charge in [-0.2, -0.15) is 0 Å². The van der Waals surface area contributed by atoms with Crippen LogP contribution in [0.25, 0.3) is 0 Å². The fourth-order valence-electron chi connectivity index (χ4n) is 1.68. The molecule has 0 aromatic heterocycles. The third-order valence-electron chi connectivity index (χ3n) is 2.26. The van der Waals surface area contributed by atoms with Gasteiger partial charge in [0.1, 0.15) is 11.8 Å². The molecule has 0 unspecified atom stereocenters. The molecule has 0 bridgehead atoms. The van der Waals surface area contributed by atoms with Crippen molar-refractivity contribution in [3.63, 3.8) is 0 Å². The van der Waals surface area contributed by atoms with Crippen molar-refractivity contribution in [3.8, 4) is 0 Å². The zero-order valence-electron chi connectivity index (χ0n) is 9.43. The number of halogens is 1. The molecular weight excluding hydrogens is 201 g/mol. The Morgan fingerprint density at radius 1 is 1.57 bits per heavy atom. The van der Waals surface area contributed by atoms with Crippen LogP contribution in [0.15, 0.2) is 0 Å². The molecule has 1 atom stereocenters. The van der Waals surface area contributed by atoms with E-state index in [2.05, 4.69) is 0 Å². The topological polar surface area (TPSA) is 29.5 Å². The number of hydrogen-bond donors (Lipinski definition) is 0. The Balaban J connectivity index is 2.81. The quantitative estimate of drug-likeness (QED) is 0.522. The maximum absolute atomic E-state index is 13.6. The normalized spacial score (nSPS) is 27.1. The molecule has 0 spiro atoms. The lowest BCUT2D eigenvalue weighted by molar-refractivity contribution is -0.130. The SMILES string of the molecule is C[C@@H]1OC(C)(C)N(C[Si](C)(C)F)C1=O. The summed E-state index contributed by atoms with van der Waals surface area (Å²) in [6.45, 7) is 8.50. The Morgan fingerprint density at radius 3 is 2.36 bits per heavy atom. The lowest BCUT2D eigenvalue weighted by Crippen LogP contribution is -2.49. The standard InChI is InChI=1S/C9H18FNO2Si/c1-7-8(12)11(6-14(4,5)10)9(2,3)13-7/h7H,6H2,1-5H3/t7-/m0/s1. The second-order valence-electron chi connectivity index (χ2n) is 4.85. The predicted octanol–water partition coefficient (Wildman–Crippen LogP) is 1.68. The van der Waals surface area contributed by atoms with Crippen LogP contribution in [0.3, 0.4) is 0 Å². The van der Waals surface area contributed by atoms with Crippen LogP contribution < -0.4 is 0 Å². The van der Waals surface area contributed by atoms with Gasteiger partial charge in [0.15, 0.2) is 0 Å². The Labute approximate surface area is 85.4 Å². The molecule has 0 aromatic carbocycles. The van der Waals surface area contributed by atoms with Gasteiger partial charge in [-0.1, -0.05) is 0 Å². The molecule has 0 aliphatic carbocycles. The summed E-state index contributed by atoms with van der Waals surface area (Å²) in [5.41, 5.74) is -0.660. The Hall–Kier alpha value is -0.423. The van der Waals surface area contributed by atoms with Gasteiger partial charge in [0.25, 0.3) is 14.3 Å². The number of amides is 1. The minimum atomic E-state index is -2.76. The number of ether oxygens (including phenoxy) is 1. The number of hydrogen-bond acceptors (Lipinski definition) is 2. The van der Waals surface area contributed by atoms with Crippen molar-refractivity contribution in [3.05, 3.63) is 0 Å². The Kier molecular flexibility index (Phi) is 2.75. The predicted molar refractivity (Wildman–Crippen MR) is 54.9 cm³/mol. The lowest BCUT2D eigenvalue weighted by atomic mass is 10.3. The maximum Gasteiger partial charge on any atom is 0.260 e. The monoisotopic (exact) mass is 219 g/mol. The fourth-order valence-corrected chi connectivity index (χ4v) is 2.96. The van der Waals surface area contributed by atoms with Crippen LogP contribution in [0.2, 0.25) is 13.1 Å². The molecule has 1 amide bonds. The van der Waals surface area contributed by atoms with E-state index in [1.807, 2.05) is 0 Å². The highest BCUT2D eigenvalue weighted by Crippen LogP contribution is 2.28. The second kappa shape index (κ2) is 3.31. The summed E-state index contributed by atoms with van der Waals surface area (Å²) in [6.07, 6.45) is -0.232. The van der Waals surface area contributed by atoms with Gasteiger partial charge in [0.2, 0.25) is 0 Å². The number of carbonyl (C=O) groups is 1. The van der Waals surface area contributed by atoms with Crippen molar-refractivity contribution in [2.24, 2.45) is 0 Å². The van der Waals surface area contributed by atoms with E-state index in [1.165, 1.54) is 4.90 Å². The average molecular weight is 219 g/mol. The molecule has 1 saturated heterocycles. The molecule has 0 saturated carbocycles. The van der Waals surface area contributed by atoms with Gasteiger partial charge in [-0.3, -0.25) is 4.79 Å². The number of rotatable bonds is 2. The third kappa shape index (κ3) is 2.33. The Bertz CT molecular complexity index is 250. The molecule has 82 valence electrons. The minimum Gasteiger partial charge on any atom is -0.343 e. The van der Waals surface area contributed by atoms with Crippen molar-refractivity contribution < 1.29 is 13.6 Å². The van der Waals surface area contributed by atoms with E-state index in [0.29, 0.717) is 0 Å². The van der Waals surface area contributed by atoms with Gasteiger partial charge in [0.05, 0.1) is 0 Å². The molecule has 14 heavy (non-hydrogen) atoms. The highest BCUT2D eigenvalue weighted by molar-refractivity contribution is 6.70. The average Bonchev–Trinajstić information content (AvgIpc) is 2.10. The van der Waals surface area contributed by atoms with Gasteiger partial charge in [-0.15, -0.1) is 0 Å². The molecule has 1 aliphatic heterocycles. The van der Waals surface area contributed by atoms with Gasteiger partial charge in [-0.25, -0.2) is 0 Å². The second-order valence-corrected chi connectivity index (χ2v) is 8.60. The molecule has 0 radical (unpaired) electrons. The molecule has 0 aromatic rings. The number of nitrogens with zero attached hydrogens (tertiary/aromatic N) is 1. The van der Waals surface area contributed by atoms with Gasteiger partial charge < -0.3 is 13.7 Å². The molecule has 0 N–H and O–H groups in total. The van der Waals surface area contributed by atoms with Crippen molar-refractivity contribution >= 4 is 14.3 Å². The first-order valence-corrected chi connectivity index (χ1v) is 7.90. The first-order valence-electron chi connectivity index (χ1n) is 4.82. The summed E-state index contributed by atoms with van der Waals surface area (Å²) in [5, 5.41) is 0. The molecule has 1 heterocycles. The third-order valence-corrected chi connectivity index (χ3v) is 3.33. The first kappa shape index (κ1) is 11.7. The summed E-state index contributed by atoms with van der Waals surface area (Å²) in [5.74, 6) is -0.103. The van der Waals surface area contributed by atoms with E-state index in [0.717, 1.165) is 0 Å². The molecule has 3 nitrogen and oxygen atoms in total. The van der Waals surface area contributed by atoms with E-state index in [1.54, 1.807) is 33.9 Å². The Morgan fingerprint density at radius 2 is 2.07 bits per heavy atom. The summed E-state index contributed by atoms with van der Waals surface area (Å²) in [4.78, 5) is 13.2. The van der Waals surface area contributed by atoms with Gasteiger partial charge in [0, 0.05) is 6.17 Å². The maximum atomic E-state index is 13.6. The zero-order chi connectivity index (χ0) is 11.1. The van der Waals surface area contributed by atoms with E-state index < -0.39 is 20.2 Å². The van der Waals surface area contributed by atoms with Crippen LogP contribution in [0, 0.1) is 0 Å². The van der Waals surface area contributed by atoms with E-state index in [-0.39, 0.29) is 12.1 Å². The summed E-state index contributed by atoms with van der Waals surface area (Å²) < 4.78 is 19.0. The summed E-state index contributed by atoms with van der Waals surface area (Å²) in [7, 11) is -2.76. The van der Waals surface area contributed by atoms with Crippen molar-refractivity contribution in [2.45, 2.75) is 45.7 Å². The van der Waals surface area contributed by atoms with E-state index >= 15 is 0 Å². The van der Waals surface area contributed by atoms with E-state index in [9.17, 15) is 8.90 Å². The van der Waals surface area contributed by atoms with Crippen LogP contribution in [0.1, 0.15) is 20.8 Å². The first-order chi connectivity index (χ1) is 6.13. The molecule has 5 heteroatoms. The summed E-state index contributed by atoms with van der Waals surface area (Å²) in [6, 6.07) is 0. The largest absolute Gasteiger partial charge is 0.343 e. The van der Waals surface area contributed by atoms with Crippen molar-refractivity contribution in [1.82, 2.24) is 4.90 Å². The highest BCUT2D eigenvalue weighted by Gasteiger charge is 2.46. The fraction of sp³-hybridized carbons (Fsp3) is 0.889. The minimum absolute atomic E-state index is 0.103. The molecule has 1 fully saturated rings. The van der Waals surface area contributed by atoms with Crippen LogP contribution in [-0.4, -0.2) is 37.2 Å². The van der Waals surface area contributed by atoms with Gasteiger partial charge in [-0.05, 0) is 33.9 Å². The summed E-state index contributed by atoms with van der Waals surface area (Å²) >= 11 is 0. The van der Waals surface area contributed by atoms with E-state index in [4.69, 9.17) is 4.74 Å². The molecule has 1 aliphatic rings. The van der Waals surface area contributed by atoms with Crippen LogP contribution in [0.5, 0.6) is 0 Å². The van der Waals surface area contributed by atoms with Crippen LogP contribution in [-0.2, 0) is 9.53 Å². The molecular formula is C9H18FNO2Si. The zero-order valence-corrected chi connectivity index (χ0v) is 10.4. The van der Waals surface area contributed by atoms with Crippen molar-refractivity contribution in [2.75, 3.05) is 6.17 Å². The van der Waals surface area contributed by atoms with Crippen LogP contribution in [0.4, 0.5) is 4.11 Å². The number of carbonyl (C=O) groups excluding carboxylic acids is 1. The smallest absolute Gasteiger partial charge is 0.260 e. The highest BCUT2D eigenvalue weighted by atomic mass is 28.4. The van der Waals surface area contributed by atoms with Crippen LogP contribution >= 0.6 is 0 Å². The lowest BCUT2D eigenvalue weighted by Gasteiger charge is -2.32. The van der Waals surface area contributed by atoms with Gasteiger partial charge >= 0.3 is 0 Å². The van der Waals surface area contributed by atoms with Crippen molar-refractivity contribution in [1.29, 1.82) is 0 Å². The molecule has 1 rings (SSSR count).